The maximum Gasteiger partial charge on any atom is 0.123 e. The number of hydrogen-bond acceptors (Lipinski definition) is 2. The molecule has 240 valence electrons. The van der Waals surface area contributed by atoms with Crippen LogP contribution in [0.25, 0.3) is 0 Å². The Morgan fingerprint density at radius 2 is 1.65 bits per heavy atom. The van der Waals surface area contributed by atoms with Crippen LogP contribution in [0.1, 0.15) is 112 Å². The number of benzene rings is 1. The molecule has 1 unspecified atom stereocenters. The lowest BCUT2D eigenvalue weighted by Crippen LogP contribution is -1.99. The van der Waals surface area contributed by atoms with Gasteiger partial charge in [-0.25, -0.2) is 4.39 Å². The van der Waals surface area contributed by atoms with Crippen LogP contribution in [0.15, 0.2) is 108 Å². The van der Waals surface area contributed by atoms with E-state index in [4.69, 9.17) is 5.73 Å². The predicted molar refractivity (Wildman–Crippen MR) is 192 cm³/mol. The first kappa shape index (κ1) is 44.2. The van der Waals surface area contributed by atoms with Gasteiger partial charge in [-0.2, -0.15) is 5.26 Å². The molecule has 0 radical (unpaired) electrons. The number of hydrogen-bond donors (Lipinski definition) is 1. The third kappa shape index (κ3) is 24.0. The second-order valence-corrected chi connectivity index (χ2v) is 10.7. The summed E-state index contributed by atoms with van der Waals surface area (Å²) in [4.78, 5) is 0. The molecule has 0 amide bonds. The Balaban J connectivity index is -0.000000717. The second-order valence-electron chi connectivity index (χ2n) is 10.7. The quantitative estimate of drug-likeness (QED) is 0.125. The molecule has 2 nitrogen and oxygen atoms in total. The SMILES string of the molecule is C=C\C(=C/C(C#N)=C(CC)/C(C=C)=C/C)C(=C)CC(C)CCC(=C)C.CCC.CCCCN.CCCc1cccc(F)c1. The summed E-state index contributed by atoms with van der Waals surface area (Å²) in [6.07, 6.45) is 17.0. The molecule has 0 heterocycles. The second kappa shape index (κ2) is 30.2. The van der Waals surface area contributed by atoms with Crippen molar-refractivity contribution in [2.24, 2.45) is 11.7 Å². The highest BCUT2D eigenvalue weighted by molar-refractivity contribution is 5.54. The van der Waals surface area contributed by atoms with Crippen LogP contribution >= 0.6 is 0 Å². The number of unbranched alkanes of at least 4 members (excludes halogenated alkanes) is 1. The molecule has 1 aromatic rings. The Bertz CT molecular complexity index is 1060. The number of halogens is 1. The highest BCUT2D eigenvalue weighted by atomic mass is 19.1. The minimum Gasteiger partial charge on any atom is -0.330 e. The zero-order chi connectivity index (χ0) is 33.6. The largest absolute Gasteiger partial charge is 0.330 e. The molecule has 0 spiro atoms. The number of aryl methyl sites for hydroxylation is 1. The summed E-state index contributed by atoms with van der Waals surface area (Å²) >= 11 is 0. The van der Waals surface area contributed by atoms with Crippen molar-refractivity contribution in [1.29, 1.82) is 5.26 Å². The van der Waals surface area contributed by atoms with E-state index < -0.39 is 0 Å². The molecular weight excluding hydrogens is 527 g/mol. The van der Waals surface area contributed by atoms with Crippen molar-refractivity contribution in [3.63, 3.8) is 0 Å². The average molecular weight is 591 g/mol. The van der Waals surface area contributed by atoms with Crippen LogP contribution in [0.2, 0.25) is 0 Å². The molecule has 1 aromatic carbocycles. The molecule has 1 atom stereocenters. The van der Waals surface area contributed by atoms with E-state index in [0.717, 1.165) is 72.9 Å². The van der Waals surface area contributed by atoms with Crippen LogP contribution in [0, 0.1) is 23.1 Å². The summed E-state index contributed by atoms with van der Waals surface area (Å²) in [7, 11) is 0. The number of allylic oxidation sites excluding steroid dienone is 10. The Hall–Kier alpha value is -3.22. The fourth-order valence-electron chi connectivity index (χ4n) is 3.93. The van der Waals surface area contributed by atoms with Crippen LogP contribution in [0.5, 0.6) is 0 Å². The van der Waals surface area contributed by atoms with Gasteiger partial charge in [-0.15, -0.1) is 6.58 Å². The molecule has 0 fully saturated rings. The van der Waals surface area contributed by atoms with Gasteiger partial charge in [-0.3, -0.25) is 0 Å². The molecule has 43 heavy (non-hydrogen) atoms. The summed E-state index contributed by atoms with van der Waals surface area (Å²) in [5.74, 6) is 0.387. The first-order chi connectivity index (χ1) is 20.5. The lowest BCUT2D eigenvalue weighted by atomic mass is 9.90. The van der Waals surface area contributed by atoms with Crippen molar-refractivity contribution in [1.82, 2.24) is 0 Å². The first-order valence-electron chi connectivity index (χ1n) is 16.0. The monoisotopic (exact) mass is 590 g/mol. The van der Waals surface area contributed by atoms with Gasteiger partial charge in [0.2, 0.25) is 0 Å². The highest BCUT2D eigenvalue weighted by Gasteiger charge is 2.10. The van der Waals surface area contributed by atoms with E-state index in [9.17, 15) is 9.65 Å². The van der Waals surface area contributed by atoms with Gasteiger partial charge >= 0.3 is 0 Å². The van der Waals surface area contributed by atoms with Gasteiger partial charge in [0.25, 0.3) is 0 Å². The van der Waals surface area contributed by atoms with E-state index in [0.29, 0.717) is 11.5 Å². The van der Waals surface area contributed by atoms with Gasteiger partial charge in [0, 0.05) is 0 Å². The smallest absolute Gasteiger partial charge is 0.123 e. The van der Waals surface area contributed by atoms with Crippen LogP contribution in [0.4, 0.5) is 4.39 Å². The molecular formula is C40H63FN2. The number of nitrogens with two attached hydrogens (primary N) is 1. The normalized spacial score (nSPS) is 11.9. The fourth-order valence-corrected chi connectivity index (χ4v) is 3.93. The molecule has 3 heteroatoms. The van der Waals surface area contributed by atoms with E-state index in [-0.39, 0.29) is 5.82 Å². The molecule has 2 N–H and O–H groups in total. The Labute approximate surface area is 266 Å². The molecule has 0 saturated heterocycles. The maximum atomic E-state index is 12.5. The fraction of sp³-hybridized carbons (Fsp3) is 0.475. The Morgan fingerprint density at radius 3 is 2.02 bits per heavy atom. The topological polar surface area (TPSA) is 49.8 Å². The third-order valence-electron chi connectivity index (χ3n) is 6.25. The van der Waals surface area contributed by atoms with Crippen molar-refractivity contribution in [3.8, 4) is 6.07 Å². The molecule has 0 saturated carbocycles. The van der Waals surface area contributed by atoms with E-state index in [1.807, 2.05) is 25.1 Å². The average Bonchev–Trinajstić information content (AvgIpc) is 2.97. The van der Waals surface area contributed by atoms with Crippen LogP contribution in [-0.2, 0) is 6.42 Å². The summed E-state index contributed by atoms with van der Waals surface area (Å²) in [6, 6.07) is 9.09. The van der Waals surface area contributed by atoms with Crippen molar-refractivity contribution in [2.75, 3.05) is 6.54 Å². The molecule has 0 aliphatic rings. The molecule has 1 rings (SSSR count). The van der Waals surface area contributed by atoms with Crippen LogP contribution < -0.4 is 5.73 Å². The minimum atomic E-state index is -0.133. The predicted octanol–water partition coefficient (Wildman–Crippen LogP) is 12.3. The van der Waals surface area contributed by atoms with Gasteiger partial charge in [0.05, 0.1) is 11.6 Å². The van der Waals surface area contributed by atoms with Crippen molar-refractivity contribution < 1.29 is 4.39 Å². The summed E-state index contributed by atoms with van der Waals surface area (Å²) in [5, 5.41) is 9.63. The van der Waals surface area contributed by atoms with Gasteiger partial charge in [-0.05, 0) is 111 Å². The van der Waals surface area contributed by atoms with Crippen LogP contribution in [0.3, 0.4) is 0 Å². The van der Waals surface area contributed by atoms with Crippen molar-refractivity contribution in [3.05, 3.63) is 120 Å². The lowest BCUT2D eigenvalue weighted by molar-refractivity contribution is 0.530. The molecule has 0 aliphatic carbocycles. The zero-order valence-electron chi connectivity index (χ0n) is 29.0. The van der Waals surface area contributed by atoms with Crippen LogP contribution in [-0.4, -0.2) is 6.54 Å². The number of nitrogens with zero attached hydrogens (tertiary/aromatic N) is 1. The molecule has 0 aliphatic heterocycles. The summed E-state index contributed by atoms with van der Waals surface area (Å²) in [6.45, 7) is 33.6. The van der Waals surface area contributed by atoms with Crippen molar-refractivity contribution in [2.45, 2.75) is 113 Å². The maximum absolute atomic E-state index is 12.5. The van der Waals surface area contributed by atoms with Gasteiger partial charge < -0.3 is 5.73 Å². The van der Waals surface area contributed by atoms with E-state index >= 15 is 0 Å². The number of rotatable bonds is 15. The highest BCUT2D eigenvalue weighted by Crippen LogP contribution is 2.26. The summed E-state index contributed by atoms with van der Waals surface area (Å²) < 4.78 is 12.5. The zero-order valence-corrected chi connectivity index (χ0v) is 29.0. The Morgan fingerprint density at radius 1 is 1.05 bits per heavy atom. The van der Waals surface area contributed by atoms with E-state index in [2.05, 4.69) is 80.9 Å². The molecule has 0 bridgehead atoms. The van der Waals surface area contributed by atoms with Gasteiger partial charge in [-0.1, -0.05) is 116 Å². The molecule has 0 aromatic heterocycles. The van der Waals surface area contributed by atoms with Crippen molar-refractivity contribution >= 4 is 0 Å². The van der Waals surface area contributed by atoms with Gasteiger partial charge in [0.1, 0.15) is 5.82 Å². The lowest BCUT2D eigenvalue weighted by Gasteiger charge is -2.15. The number of nitriles is 1. The Kier molecular flexibility index (Phi) is 31.1. The van der Waals surface area contributed by atoms with Gasteiger partial charge in [0.15, 0.2) is 0 Å². The summed E-state index contributed by atoms with van der Waals surface area (Å²) in [5.41, 5.74) is 12.0. The minimum absolute atomic E-state index is 0.133. The van der Waals surface area contributed by atoms with E-state index in [1.54, 1.807) is 24.3 Å². The first-order valence-corrected chi connectivity index (χ1v) is 16.0. The van der Waals surface area contributed by atoms with E-state index in [1.165, 1.54) is 30.9 Å². The standard InChI is InChI=1S/C24H33N.C9H11F.C4H11N.C3H8/c1-9-21(10-2)24(12-4)23(17-25)16-22(11-3)20(8)15-19(7)14-13-18(5)6;1-2-4-8-5-3-6-9(10)7-8;1-2-3-4-5;1-3-2/h9-11,16,19H,1,3,5,8,12-15H2,2,4,6-7H3;3,5-7H,2,4H2,1H3;2-5H2,1H3;3H2,1-2H3/b21-10+,22-16+,24-23-;;;. The third-order valence-corrected chi connectivity index (χ3v) is 6.25.